The maximum atomic E-state index is 13.7. The number of hydrogen-bond donors (Lipinski definition) is 2. The molecule has 0 saturated carbocycles. The summed E-state index contributed by atoms with van der Waals surface area (Å²) in [5.74, 6) is -1.51. The van der Waals surface area contributed by atoms with Gasteiger partial charge in [-0.15, -0.1) is 0 Å². The van der Waals surface area contributed by atoms with Gasteiger partial charge in [-0.1, -0.05) is 36.4 Å². The van der Waals surface area contributed by atoms with Gasteiger partial charge in [0.25, 0.3) is 0 Å². The molecule has 2 amide bonds. The van der Waals surface area contributed by atoms with Crippen LogP contribution in [0.25, 0.3) is 0 Å². The zero-order valence-corrected chi connectivity index (χ0v) is 17.2. The van der Waals surface area contributed by atoms with E-state index >= 15 is 0 Å². The van der Waals surface area contributed by atoms with Gasteiger partial charge in [-0.2, -0.15) is 5.10 Å². The molecule has 3 aromatic carbocycles. The van der Waals surface area contributed by atoms with Crippen molar-refractivity contribution < 1.29 is 18.7 Å². The minimum atomic E-state index is -0.887. The lowest BCUT2D eigenvalue weighted by atomic mass is 10.1. The van der Waals surface area contributed by atoms with Gasteiger partial charge in [0.2, 0.25) is 0 Å². The predicted octanol–water partition coefficient (Wildman–Crippen LogP) is 4.11. The summed E-state index contributed by atoms with van der Waals surface area (Å²) in [5, 5.41) is 6.35. The number of benzene rings is 3. The normalized spacial score (nSPS) is 10.7. The molecule has 158 valence electrons. The molecule has 0 heterocycles. The monoisotopic (exact) mass is 419 g/mol. The van der Waals surface area contributed by atoms with Crippen LogP contribution in [0.2, 0.25) is 0 Å². The largest absolute Gasteiger partial charge is 0.489 e. The van der Waals surface area contributed by atoms with Crippen LogP contribution in [-0.4, -0.2) is 18.0 Å². The fourth-order valence-corrected chi connectivity index (χ4v) is 2.91. The summed E-state index contributed by atoms with van der Waals surface area (Å²) >= 11 is 0. The summed E-state index contributed by atoms with van der Waals surface area (Å²) in [6, 6.07) is 18.8. The number of carbonyl (C=O) groups excluding carboxylic acids is 2. The van der Waals surface area contributed by atoms with Crippen LogP contribution in [0.15, 0.2) is 71.8 Å². The van der Waals surface area contributed by atoms with Crippen molar-refractivity contribution in [3.63, 3.8) is 0 Å². The fourth-order valence-electron chi connectivity index (χ4n) is 2.91. The van der Waals surface area contributed by atoms with Gasteiger partial charge in [0.15, 0.2) is 0 Å². The molecule has 0 aromatic heterocycles. The van der Waals surface area contributed by atoms with Crippen LogP contribution < -0.4 is 15.5 Å². The van der Waals surface area contributed by atoms with E-state index in [0.29, 0.717) is 22.6 Å². The summed E-state index contributed by atoms with van der Waals surface area (Å²) < 4.78 is 19.3. The Labute approximate surface area is 179 Å². The van der Waals surface area contributed by atoms with Crippen molar-refractivity contribution in [2.75, 3.05) is 5.32 Å². The first-order valence-electron chi connectivity index (χ1n) is 9.59. The highest BCUT2D eigenvalue weighted by molar-refractivity contribution is 6.39. The number of nitrogens with one attached hydrogen (secondary N) is 2. The first-order valence-corrected chi connectivity index (χ1v) is 9.59. The summed E-state index contributed by atoms with van der Waals surface area (Å²) in [6.45, 7) is 3.89. The maximum absolute atomic E-state index is 13.7. The Kier molecular flexibility index (Phi) is 7.11. The van der Waals surface area contributed by atoms with Crippen molar-refractivity contribution in [2.45, 2.75) is 20.5 Å². The fraction of sp³-hybridized carbons (Fsp3) is 0.125. The molecule has 0 unspecified atom stereocenters. The van der Waals surface area contributed by atoms with E-state index in [1.54, 1.807) is 54.6 Å². The van der Waals surface area contributed by atoms with E-state index in [9.17, 15) is 14.0 Å². The molecule has 0 aliphatic carbocycles. The molecule has 31 heavy (non-hydrogen) atoms. The summed E-state index contributed by atoms with van der Waals surface area (Å²) in [5.41, 5.74) is 5.78. The Morgan fingerprint density at radius 2 is 1.71 bits per heavy atom. The Morgan fingerprint density at radius 1 is 0.968 bits per heavy atom. The van der Waals surface area contributed by atoms with E-state index in [4.69, 9.17) is 4.74 Å². The van der Waals surface area contributed by atoms with Crippen molar-refractivity contribution in [3.05, 3.63) is 94.8 Å². The van der Waals surface area contributed by atoms with E-state index in [-0.39, 0.29) is 12.4 Å². The van der Waals surface area contributed by atoms with E-state index in [0.717, 1.165) is 11.1 Å². The van der Waals surface area contributed by atoms with Crippen LogP contribution in [0.4, 0.5) is 10.1 Å². The smallest absolute Gasteiger partial charge is 0.329 e. The Balaban J connectivity index is 1.54. The number of amides is 2. The molecule has 0 atom stereocenters. The molecule has 3 aromatic rings. The Morgan fingerprint density at radius 3 is 2.45 bits per heavy atom. The first kappa shape index (κ1) is 21.7. The third-order valence-electron chi connectivity index (χ3n) is 4.28. The highest BCUT2D eigenvalue weighted by Gasteiger charge is 2.13. The van der Waals surface area contributed by atoms with Gasteiger partial charge >= 0.3 is 11.8 Å². The molecule has 0 aliphatic rings. The molecule has 0 saturated heterocycles. The van der Waals surface area contributed by atoms with E-state index in [1.807, 2.05) is 19.9 Å². The van der Waals surface area contributed by atoms with Gasteiger partial charge in [0.05, 0.1) is 6.21 Å². The summed E-state index contributed by atoms with van der Waals surface area (Å²) in [6.07, 6.45) is 1.39. The topological polar surface area (TPSA) is 79.8 Å². The van der Waals surface area contributed by atoms with Crippen LogP contribution >= 0.6 is 0 Å². The lowest BCUT2D eigenvalue weighted by Crippen LogP contribution is -2.32. The molecule has 0 aliphatic heterocycles. The number of rotatable bonds is 6. The zero-order chi connectivity index (χ0) is 22.2. The highest BCUT2D eigenvalue weighted by Crippen LogP contribution is 2.16. The second-order valence-electron chi connectivity index (χ2n) is 6.98. The summed E-state index contributed by atoms with van der Waals surface area (Å²) in [7, 11) is 0. The van der Waals surface area contributed by atoms with Crippen molar-refractivity contribution in [1.82, 2.24) is 5.43 Å². The van der Waals surface area contributed by atoms with Crippen LogP contribution in [0.5, 0.6) is 5.75 Å². The SMILES string of the molecule is Cc1cc(C)cc(NC(=O)C(=O)N/N=C/c2cccc(OCc3ccccc3F)c2)c1. The average molecular weight is 419 g/mol. The number of ether oxygens (including phenoxy) is 1. The maximum Gasteiger partial charge on any atom is 0.329 e. The van der Waals surface area contributed by atoms with E-state index in [1.165, 1.54) is 12.3 Å². The number of halogens is 1. The zero-order valence-electron chi connectivity index (χ0n) is 17.2. The van der Waals surface area contributed by atoms with Crippen molar-refractivity contribution in [2.24, 2.45) is 5.10 Å². The second kappa shape index (κ2) is 10.2. The van der Waals surface area contributed by atoms with Gasteiger partial charge in [-0.05, 0) is 60.9 Å². The summed E-state index contributed by atoms with van der Waals surface area (Å²) in [4.78, 5) is 24.0. The molecule has 0 spiro atoms. The van der Waals surface area contributed by atoms with E-state index < -0.39 is 11.8 Å². The Bertz CT molecular complexity index is 1110. The molecule has 7 heteroatoms. The number of nitrogens with zero attached hydrogens (tertiary/aromatic N) is 1. The molecule has 6 nitrogen and oxygen atoms in total. The number of aryl methyl sites for hydroxylation is 2. The highest BCUT2D eigenvalue weighted by atomic mass is 19.1. The van der Waals surface area contributed by atoms with Crippen LogP contribution in [0, 0.1) is 19.7 Å². The minimum absolute atomic E-state index is 0.0859. The number of hydrazone groups is 1. The number of hydrogen-bond acceptors (Lipinski definition) is 4. The van der Waals surface area contributed by atoms with Crippen LogP contribution in [-0.2, 0) is 16.2 Å². The standard InChI is InChI=1S/C24H22FN3O3/c1-16-10-17(2)12-20(11-16)27-23(29)24(30)28-26-14-18-6-5-8-21(13-18)31-15-19-7-3-4-9-22(19)25/h3-14H,15H2,1-2H3,(H,27,29)(H,28,30)/b26-14+. The lowest BCUT2D eigenvalue weighted by molar-refractivity contribution is -0.136. The lowest BCUT2D eigenvalue weighted by Gasteiger charge is -2.08. The quantitative estimate of drug-likeness (QED) is 0.359. The Hall–Kier alpha value is -4.00. The third kappa shape index (κ3) is 6.50. The van der Waals surface area contributed by atoms with Crippen LogP contribution in [0.3, 0.4) is 0 Å². The number of carbonyl (C=O) groups is 2. The molecule has 0 radical (unpaired) electrons. The number of anilines is 1. The molecule has 3 rings (SSSR count). The van der Waals surface area contributed by atoms with Crippen LogP contribution in [0.1, 0.15) is 22.3 Å². The second-order valence-corrected chi connectivity index (χ2v) is 6.98. The molecule has 0 bridgehead atoms. The van der Waals surface area contributed by atoms with Crippen molar-refractivity contribution >= 4 is 23.7 Å². The predicted molar refractivity (Wildman–Crippen MR) is 117 cm³/mol. The van der Waals surface area contributed by atoms with E-state index in [2.05, 4.69) is 15.8 Å². The van der Waals surface area contributed by atoms with Crippen molar-refractivity contribution in [1.29, 1.82) is 0 Å². The van der Waals surface area contributed by atoms with Gasteiger partial charge in [-0.3, -0.25) is 9.59 Å². The average Bonchev–Trinajstić information content (AvgIpc) is 2.72. The molecular weight excluding hydrogens is 397 g/mol. The van der Waals surface area contributed by atoms with Crippen molar-refractivity contribution in [3.8, 4) is 5.75 Å². The minimum Gasteiger partial charge on any atom is -0.489 e. The first-order chi connectivity index (χ1) is 14.9. The van der Waals surface area contributed by atoms with Gasteiger partial charge in [-0.25, -0.2) is 9.82 Å². The molecule has 2 N–H and O–H groups in total. The molecule has 0 fully saturated rings. The third-order valence-corrected chi connectivity index (χ3v) is 4.28. The van der Waals surface area contributed by atoms with Gasteiger partial charge < -0.3 is 10.1 Å². The van der Waals surface area contributed by atoms with Gasteiger partial charge in [0, 0.05) is 11.3 Å². The van der Waals surface area contributed by atoms with Gasteiger partial charge in [0.1, 0.15) is 18.2 Å². The molecular formula is C24H22FN3O3.